The molecule has 10 rings (SSSR count). The first-order valence-electron chi connectivity index (χ1n) is 17.6. The highest BCUT2D eigenvalue weighted by atomic mass is 15.1. The molecule has 8 aromatic carbocycles. The number of anilines is 6. The Kier molecular flexibility index (Phi) is 6.75. The second-order valence-corrected chi connectivity index (χ2v) is 13.3. The Bertz CT molecular complexity index is 2270. The summed E-state index contributed by atoms with van der Waals surface area (Å²) >= 11 is 0. The molecule has 0 atom stereocenters. The summed E-state index contributed by atoms with van der Waals surface area (Å²) in [6.07, 6.45) is 0. The maximum Gasteiger partial charge on any atom is 0.0725 e. The minimum absolute atomic E-state index is 0.427. The van der Waals surface area contributed by atoms with Crippen LogP contribution in [0.5, 0.6) is 0 Å². The summed E-state index contributed by atoms with van der Waals surface area (Å²) in [4.78, 5) is 4.73. The van der Waals surface area contributed by atoms with E-state index >= 15 is 0 Å². The zero-order valence-corrected chi connectivity index (χ0v) is 28.0. The van der Waals surface area contributed by atoms with Crippen molar-refractivity contribution >= 4 is 34.1 Å². The lowest BCUT2D eigenvalue weighted by molar-refractivity contribution is 0.793. The maximum atomic E-state index is 2.42. The van der Waals surface area contributed by atoms with E-state index in [1.807, 2.05) is 0 Å². The predicted octanol–water partition coefficient (Wildman–Crippen LogP) is 13.0. The molecule has 0 saturated heterocycles. The molecule has 0 unspecified atom stereocenters. The van der Waals surface area contributed by atoms with E-state index in [2.05, 4.69) is 216 Å². The Hall–Kier alpha value is -6.64. The largest absolute Gasteiger partial charge is 0.310 e. The van der Waals surface area contributed by atoms with Crippen LogP contribution in [0.15, 0.2) is 206 Å². The summed E-state index contributed by atoms with van der Waals surface area (Å²) in [5.41, 5.74) is 16.8. The quantitative estimate of drug-likeness (QED) is 0.177. The molecule has 0 fully saturated rings. The van der Waals surface area contributed by atoms with Crippen molar-refractivity contribution in [3.05, 3.63) is 229 Å². The molecule has 2 nitrogen and oxygen atoms in total. The smallest absolute Gasteiger partial charge is 0.0725 e. The van der Waals surface area contributed by atoms with Gasteiger partial charge in [-0.25, -0.2) is 0 Å². The molecule has 0 saturated carbocycles. The van der Waals surface area contributed by atoms with Gasteiger partial charge in [0.2, 0.25) is 0 Å². The Morgan fingerprint density at radius 1 is 0.235 bits per heavy atom. The molecule has 8 aromatic rings. The number of hydrogen-bond acceptors (Lipinski definition) is 2. The Labute approximate surface area is 299 Å². The van der Waals surface area contributed by atoms with Crippen molar-refractivity contribution in [3.63, 3.8) is 0 Å². The van der Waals surface area contributed by atoms with Crippen LogP contribution in [0.25, 0.3) is 22.3 Å². The molecule has 0 N–H and O–H groups in total. The number of benzene rings is 8. The first-order chi connectivity index (χ1) is 25.3. The predicted molar refractivity (Wildman–Crippen MR) is 212 cm³/mol. The van der Waals surface area contributed by atoms with Crippen LogP contribution in [0.1, 0.15) is 22.3 Å². The van der Waals surface area contributed by atoms with Crippen LogP contribution in [0.4, 0.5) is 34.1 Å². The van der Waals surface area contributed by atoms with Gasteiger partial charge in [-0.15, -0.1) is 0 Å². The first-order valence-corrected chi connectivity index (χ1v) is 17.6. The molecular formula is C49H34N2. The molecule has 0 amide bonds. The molecule has 0 radical (unpaired) electrons. The van der Waals surface area contributed by atoms with E-state index in [4.69, 9.17) is 0 Å². The van der Waals surface area contributed by atoms with Gasteiger partial charge in [0.15, 0.2) is 0 Å². The Morgan fingerprint density at radius 2 is 0.529 bits per heavy atom. The summed E-state index contributed by atoms with van der Waals surface area (Å²) < 4.78 is 0. The van der Waals surface area contributed by atoms with Crippen LogP contribution in [0.3, 0.4) is 0 Å². The van der Waals surface area contributed by atoms with E-state index in [0.717, 1.165) is 34.1 Å². The molecular weight excluding hydrogens is 617 g/mol. The molecule has 0 aromatic heterocycles. The van der Waals surface area contributed by atoms with Crippen molar-refractivity contribution in [1.82, 2.24) is 0 Å². The summed E-state index contributed by atoms with van der Waals surface area (Å²) in [5, 5.41) is 0. The standard InChI is InChI=1S/C49H34N2/c1-5-17-35(18-6-1)50(36-19-7-2-8-20-36)39-29-31-47-43(33-39)44-34-40(51(37-21-9-3-10-22-37)38-23-11-4-12-24-38)30-32-48(44)49(47)45-27-15-13-25-41(45)42-26-14-16-28-46(42)49/h1-34H. The number of rotatable bonds is 6. The fraction of sp³-hybridized carbons (Fsp3) is 0.0204. The van der Waals surface area contributed by atoms with Crippen LogP contribution in [-0.2, 0) is 5.41 Å². The molecule has 0 bridgehead atoms. The monoisotopic (exact) mass is 650 g/mol. The van der Waals surface area contributed by atoms with E-state index in [9.17, 15) is 0 Å². The van der Waals surface area contributed by atoms with Crippen molar-refractivity contribution in [2.24, 2.45) is 0 Å². The van der Waals surface area contributed by atoms with Crippen molar-refractivity contribution in [1.29, 1.82) is 0 Å². The van der Waals surface area contributed by atoms with E-state index in [1.165, 1.54) is 44.5 Å². The van der Waals surface area contributed by atoms with Crippen LogP contribution >= 0.6 is 0 Å². The number of fused-ring (bicyclic) bond motifs is 10. The minimum Gasteiger partial charge on any atom is -0.310 e. The first kappa shape index (κ1) is 29.3. The van der Waals surface area contributed by atoms with Crippen molar-refractivity contribution in [2.75, 3.05) is 9.80 Å². The highest BCUT2D eigenvalue weighted by Gasteiger charge is 2.51. The Morgan fingerprint density at radius 3 is 0.882 bits per heavy atom. The van der Waals surface area contributed by atoms with Crippen molar-refractivity contribution < 1.29 is 0 Å². The summed E-state index contributed by atoms with van der Waals surface area (Å²) in [6.45, 7) is 0. The lowest BCUT2D eigenvalue weighted by Gasteiger charge is -2.31. The lowest BCUT2D eigenvalue weighted by atomic mass is 9.70. The van der Waals surface area contributed by atoms with Crippen molar-refractivity contribution in [2.45, 2.75) is 5.41 Å². The molecule has 2 aliphatic rings. The molecule has 240 valence electrons. The SMILES string of the molecule is c1ccc(N(c2ccccc2)c2ccc3c(c2)-c2cc(N(c4ccccc4)c4ccccc4)ccc2C32c3ccccc3-c3ccccc32)cc1. The molecule has 0 aliphatic heterocycles. The zero-order chi connectivity index (χ0) is 33.8. The topological polar surface area (TPSA) is 6.48 Å². The third kappa shape index (κ3) is 4.43. The average Bonchev–Trinajstić information content (AvgIpc) is 3.66. The van der Waals surface area contributed by atoms with Gasteiger partial charge in [0.25, 0.3) is 0 Å². The van der Waals surface area contributed by atoms with Gasteiger partial charge in [-0.05, 0) is 117 Å². The minimum atomic E-state index is -0.427. The van der Waals surface area contributed by atoms with E-state index in [1.54, 1.807) is 0 Å². The third-order valence-electron chi connectivity index (χ3n) is 10.6. The van der Waals surface area contributed by atoms with Gasteiger partial charge < -0.3 is 9.80 Å². The fourth-order valence-electron chi connectivity index (χ4n) is 8.61. The summed E-state index contributed by atoms with van der Waals surface area (Å²) in [5.74, 6) is 0. The van der Waals surface area contributed by atoms with Crippen molar-refractivity contribution in [3.8, 4) is 22.3 Å². The highest BCUT2D eigenvalue weighted by molar-refractivity contribution is 5.98. The zero-order valence-electron chi connectivity index (χ0n) is 28.0. The summed E-state index contributed by atoms with van der Waals surface area (Å²) in [7, 11) is 0. The second-order valence-electron chi connectivity index (χ2n) is 13.3. The van der Waals surface area contributed by atoms with Gasteiger partial charge in [-0.3, -0.25) is 0 Å². The van der Waals surface area contributed by atoms with Crippen LogP contribution < -0.4 is 9.80 Å². The highest BCUT2D eigenvalue weighted by Crippen LogP contribution is 2.63. The van der Waals surface area contributed by atoms with E-state index in [0.29, 0.717) is 0 Å². The molecule has 1 spiro atoms. The van der Waals surface area contributed by atoms with Gasteiger partial charge in [0, 0.05) is 34.1 Å². The van der Waals surface area contributed by atoms with Gasteiger partial charge in [-0.1, -0.05) is 133 Å². The second kappa shape index (κ2) is 11.8. The van der Waals surface area contributed by atoms with Gasteiger partial charge >= 0.3 is 0 Å². The fourth-order valence-corrected chi connectivity index (χ4v) is 8.61. The van der Waals surface area contributed by atoms with Crippen LogP contribution in [0.2, 0.25) is 0 Å². The summed E-state index contributed by atoms with van der Waals surface area (Å²) in [6, 6.07) is 75.0. The van der Waals surface area contributed by atoms with Crippen LogP contribution in [-0.4, -0.2) is 0 Å². The average molecular weight is 651 g/mol. The van der Waals surface area contributed by atoms with E-state index in [-0.39, 0.29) is 0 Å². The number of para-hydroxylation sites is 4. The molecule has 2 aliphatic carbocycles. The van der Waals surface area contributed by atoms with Gasteiger partial charge in [-0.2, -0.15) is 0 Å². The third-order valence-corrected chi connectivity index (χ3v) is 10.6. The Balaban J connectivity index is 1.26. The molecule has 2 heteroatoms. The number of nitrogens with zero attached hydrogens (tertiary/aromatic N) is 2. The van der Waals surface area contributed by atoms with Gasteiger partial charge in [0.05, 0.1) is 5.41 Å². The molecule has 51 heavy (non-hydrogen) atoms. The lowest BCUT2D eigenvalue weighted by Crippen LogP contribution is -2.26. The maximum absolute atomic E-state index is 2.42. The van der Waals surface area contributed by atoms with E-state index < -0.39 is 5.41 Å². The van der Waals surface area contributed by atoms with Gasteiger partial charge in [0.1, 0.15) is 0 Å². The molecule has 0 heterocycles. The van der Waals surface area contributed by atoms with Crippen LogP contribution in [0, 0.1) is 0 Å². The normalized spacial score (nSPS) is 12.9. The number of hydrogen-bond donors (Lipinski definition) is 0.